The second kappa shape index (κ2) is 3.25. The van der Waals surface area contributed by atoms with Gasteiger partial charge in [-0.25, -0.2) is 0 Å². The minimum atomic E-state index is -0.343. The van der Waals surface area contributed by atoms with Crippen LogP contribution in [0.5, 0.6) is 0 Å². The second-order valence-electron chi connectivity index (χ2n) is 5.16. The second-order valence-corrected chi connectivity index (χ2v) is 5.57. The number of carbonyl (C=O) groups is 1. The molecule has 0 aromatic heterocycles. The Kier molecular flexibility index (Phi) is 3.18. The molecule has 1 nitrogen and oxygen atoms in total. The summed E-state index contributed by atoms with van der Waals surface area (Å²) in [7, 11) is 0. The average Bonchev–Trinajstić information content (AvgIpc) is 1.80. The molecule has 0 aromatic rings. The predicted octanol–water partition coefficient (Wildman–Crippen LogP) is 3.02. The maximum Gasteiger partial charge on any atom is 0.175 e. The Hall–Kier alpha value is -0.240. The van der Waals surface area contributed by atoms with Crippen LogP contribution in [0, 0.1) is 10.8 Å². The summed E-state index contributed by atoms with van der Waals surface area (Å²) in [5.74, 6) is 0.0880. The van der Waals surface area contributed by atoms with Gasteiger partial charge in [0, 0.05) is 10.8 Å². The normalized spacial score (nSPS) is 12.8. The minimum Gasteiger partial charge on any atom is -0.293 e. The van der Waals surface area contributed by atoms with Gasteiger partial charge in [0.15, 0.2) is 5.78 Å². The van der Waals surface area contributed by atoms with Crippen LogP contribution in [-0.4, -0.2) is 10.6 Å². The number of thiocarbonyl (C=S) groups is 1. The van der Waals surface area contributed by atoms with Crippen molar-refractivity contribution in [2.45, 2.75) is 41.5 Å². The molecular formula is C10H18OS. The van der Waals surface area contributed by atoms with Crippen LogP contribution in [0.3, 0.4) is 0 Å². The van der Waals surface area contributed by atoms with Crippen LogP contribution in [0.1, 0.15) is 41.5 Å². The van der Waals surface area contributed by atoms with Gasteiger partial charge in [-0.1, -0.05) is 53.8 Å². The molecule has 0 radical (unpaired) electrons. The monoisotopic (exact) mass is 186 g/mol. The Morgan fingerprint density at radius 3 is 1.33 bits per heavy atom. The van der Waals surface area contributed by atoms with E-state index in [1.807, 2.05) is 41.5 Å². The third-order valence-corrected chi connectivity index (χ3v) is 2.37. The number of carbonyl (C=O) groups excluding carboxylic acids is 1. The van der Waals surface area contributed by atoms with Gasteiger partial charge in [-0.05, 0) is 0 Å². The van der Waals surface area contributed by atoms with Gasteiger partial charge in [0.2, 0.25) is 0 Å². The molecule has 0 N–H and O–H groups in total. The molecule has 0 spiro atoms. The van der Waals surface area contributed by atoms with E-state index < -0.39 is 0 Å². The Morgan fingerprint density at radius 2 is 1.25 bits per heavy atom. The first kappa shape index (κ1) is 11.8. The lowest BCUT2D eigenvalue weighted by Gasteiger charge is -2.25. The highest BCUT2D eigenvalue weighted by Gasteiger charge is 2.31. The van der Waals surface area contributed by atoms with Crippen LogP contribution in [0.2, 0.25) is 0 Å². The Bertz CT molecular complexity index is 179. The highest BCUT2D eigenvalue weighted by Crippen LogP contribution is 2.24. The van der Waals surface area contributed by atoms with Gasteiger partial charge >= 0.3 is 0 Å². The van der Waals surface area contributed by atoms with Crippen LogP contribution < -0.4 is 0 Å². The van der Waals surface area contributed by atoms with Crippen molar-refractivity contribution in [2.24, 2.45) is 10.8 Å². The molecular weight excluding hydrogens is 168 g/mol. The summed E-state index contributed by atoms with van der Waals surface area (Å²) in [4.78, 5) is 12.2. The van der Waals surface area contributed by atoms with Crippen LogP contribution in [-0.2, 0) is 4.79 Å². The molecule has 0 atom stereocenters. The fraction of sp³-hybridized carbons (Fsp3) is 0.800. The fourth-order valence-electron chi connectivity index (χ4n) is 0.681. The zero-order valence-corrected chi connectivity index (χ0v) is 9.63. The standard InChI is InChI=1S/C10H18OS/c1-9(2,3)7(11)8(12)10(4,5)6/h1-6H3. The van der Waals surface area contributed by atoms with E-state index >= 15 is 0 Å². The van der Waals surface area contributed by atoms with Gasteiger partial charge in [0.1, 0.15) is 0 Å². The van der Waals surface area contributed by atoms with E-state index in [2.05, 4.69) is 0 Å². The number of Topliss-reactive ketones (excluding diaryl/α,β-unsaturated/α-hetero) is 1. The van der Waals surface area contributed by atoms with E-state index in [1.54, 1.807) is 0 Å². The lowest BCUT2D eigenvalue weighted by Crippen LogP contribution is -2.35. The van der Waals surface area contributed by atoms with Crippen molar-refractivity contribution >= 4 is 22.9 Å². The van der Waals surface area contributed by atoms with E-state index in [4.69, 9.17) is 12.2 Å². The van der Waals surface area contributed by atoms with Gasteiger partial charge in [-0.2, -0.15) is 0 Å². The highest BCUT2D eigenvalue weighted by molar-refractivity contribution is 7.82. The molecule has 0 saturated heterocycles. The SMILES string of the molecule is CC(C)(C)C(=O)C(=S)C(C)(C)C. The molecule has 0 aliphatic rings. The molecule has 0 aromatic carbocycles. The number of ketones is 1. The van der Waals surface area contributed by atoms with Crippen molar-refractivity contribution in [1.82, 2.24) is 0 Å². The molecule has 70 valence electrons. The lowest BCUT2D eigenvalue weighted by molar-refractivity contribution is -0.119. The molecule has 0 fully saturated rings. The summed E-state index contributed by atoms with van der Waals surface area (Å²) >= 11 is 5.11. The number of hydrogen-bond acceptors (Lipinski definition) is 2. The van der Waals surface area contributed by atoms with Crippen molar-refractivity contribution in [3.05, 3.63) is 0 Å². The molecule has 0 amide bonds. The molecule has 0 aliphatic heterocycles. The van der Waals surface area contributed by atoms with Crippen LogP contribution in [0.25, 0.3) is 0 Å². The summed E-state index contributed by atoms with van der Waals surface area (Å²) in [5.41, 5.74) is -0.524. The average molecular weight is 186 g/mol. The van der Waals surface area contributed by atoms with E-state index in [0.717, 1.165) is 0 Å². The smallest absolute Gasteiger partial charge is 0.175 e. The predicted molar refractivity (Wildman–Crippen MR) is 56.5 cm³/mol. The molecule has 0 aliphatic carbocycles. The van der Waals surface area contributed by atoms with Gasteiger partial charge in [0.05, 0.1) is 4.86 Å². The summed E-state index contributed by atoms with van der Waals surface area (Å²) < 4.78 is 0. The quantitative estimate of drug-likeness (QED) is 0.586. The minimum absolute atomic E-state index is 0.0880. The van der Waals surface area contributed by atoms with Crippen LogP contribution in [0.4, 0.5) is 0 Å². The Labute approximate surface area is 80.5 Å². The van der Waals surface area contributed by atoms with E-state index in [0.29, 0.717) is 4.86 Å². The third kappa shape index (κ3) is 3.02. The first-order chi connectivity index (χ1) is 5.07. The Balaban J connectivity index is 4.66. The van der Waals surface area contributed by atoms with Crippen molar-refractivity contribution in [3.63, 3.8) is 0 Å². The van der Waals surface area contributed by atoms with E-state index in [9.17, 15) is 4.79 Å². The summed E-state index contributed by atoms with van der Waals surface area (Å²) in [6.07, 6.45) is 0. The highest BCUT2D eigenvalue weighted by atomic mass is 32.1. The molecule has 2 heteroatoms. The fourth-order valence-corrected chi connectivity index (χ4v) is 0.987. The maximum atomic E-state index is 11.7. The van der Waals surface area contributed by atoms with Crippen LogP contribution >= 0.6 is 12.2 Å². The van der Waals surface area contributed by atoms with Gasteiger partial charge in [0.25, 0.3) is 0 Å². The van der Waals surface area contributed by atoms with Crippen molar-refractivity contribution in [3.8, 4) is 0 Å². The Morgan fingerprint density at radius 1 is 0.917 bits per heavy atom. The summed E-state index contributed by atoms with van der Waals surface area (Å²) in [6.45, 7) is 11.6. The zero-order chi connectivity index (χ0) is 10.2. The molecule has 0 rings (SSSR count). The van der Waals surface area contributed by atoms with Crippen molar-refractivity contribution in [1.29, 1.82) is 0 Å². The number of hydrogen-bond donors (Lipinski definition) is 0. The molecule has 12 heavy (non-hydrogen) atoms. The zero-order valence-electron chi connectivity index (χ0n) is 8.82. The molecule has 0 bridgehead atoms. The van der Waals surface area contributed by atoms with Gasteiger partial charge in [-0.15, -0.1) is 0 Å². The number of rotatable bonds is 1. The van der Waals surface area contributed by atoms with Gasteiger partial charge < -0.3 is 0 Å². The topological polar surface area (TPSA) is 17.1 Å². The van der Waals surface area contributed by atoms with E-state index in [-0.39, 0.29) is 16.6 Å². The largest absolute Gasteiger partial charge is 0.293 e. The maximum absolute atomic E-state index is 11.7. The summed E-state index contributed by atoms with van der Waals surface area (Å²) in [5, 5.41) is 0. The third-order valence-electron chi connectivity index (χ3n) is 1.57. The van der Waals surface area contributed by atoms with Crippen molar-refractivity contribution < 1.29 is 4.79 Å². The lowest BCUT2D eigenvalue weighted by atomic mass is 9.80. The van der Waals surface area contributed by atoms with E-state index in [1.165, 1.54) is 0 Å². The summed E-state index contributed by atoms with van der Waals surface area (Å²) in [6, 6.07) is 0. The van der Waals surface area contributed by atoms with Crippen molar-refractivity contribution in [2.75, 3.05) is 0 Å². The molecule has 0 saturated carbocycles. The van der Waals surface area contributed by atoms with Gasteiger partial charge in [-0.3, -0.25) is 4.79 Å². The first-order valence-corrected chi connectivity index (χ1v) is 4.57. The van der Waals surface area contributed by atoms with Crippen LogP contribution in [0.15, 0.2) is 0 Å². The molecule has 0 unspecified atom stereocenters. The molecule has 0 heterocycles. The first-order valence-electron chi connectivity index (χ1n) is 4.16.